The van der Waals surface area contributed by atoms with Crippen LogP contribution in [-0.4, -0.2) is 23.0 Å². The molecule has 0 fully saturated rings. The molecule has 0 radical (unpaired) electrons. The van der Waals surface area contributed by atoms with Gasteiger partial charge >= 0.3 is 11.5 Å². The molecule has 2 N–H and O–H groups in total. The molecule has 1 amide bonds. The lowest BCUT2D eigenvalue weighted by Gasteiger charge is -2.12. The molecule has 1 aromatic carbocycles. The Morgan fingerprint density at radius 2 is 1.89 bits per heavy atom. The maximum Gasteiger partial charge on any atom is 0.446 e. The lowest BCUT2D eigenvalue weighted by atomic mass is 10.1. The Morgan fingerprint density at radius 3 is 2.28 bits per heavy atom. The number of amides is 1. The Kier molecular flexibility index (Phi) is 4.60. The van der Waals surface area contributed by atoms with Crippen LogP contribution in [0.4, 0.5) is 13.2 Å². The highest BCUT2D eigenvalue weighted by Crippen LogP contribution is 2.36. The standard InChI is InChI=1S/C10H8F3NO3S/c11-10(12,13)18-7-3-1-6(2-4-7)8(9(16)17)14-5-15/h1-5,8H,(H,14,15)(H,16,17). The van der Waals surface area contributed by atoms with Crippen molar-refractivity contribution in [1.29, 1.82) is 0 Å². The number of thioether (sulfide) groups is 1. The number of carbonyl (C=O) groups excluding carboxylic acids is 1. The fourth-order valence-corrected chi connectivity index (χ4v) is 1.78. The molecule has 98 valence electrons. The van der Waals surface area contributed by atoms with Crippen molar-refractivity contribution in [3.05, 3.63) is 29.8 Å². The predicted octanol–water partition coefficient (Wildman–Crippen LogP) is 2.17. The summed E-state index contributed by atoms with van der Waals surface area (Å²) in [5.41, 5.74) is -4.20. The minimum absolute atomic E-state index is 0.0542. The first-order valence-electron chi connectivity index (χ1n) is 4.61. The molecular formula is C10H8F3NO3S. The largest absolute Gasteiger partial charge is 0.479 e. The highest BCUT2D eigenvalue weighted by Gasteiger charge is 2.29. The topological polar surface area (TPSA) is 66.4 Å². The fraction of sp³-hybridized carbons (Fsp3) is 0.200. The Labute approximate surface area is 104 Å². The summed E-state index contributed by atoms with van der Waals surface area (Å²) in [6.45, 7) is 0. The second-order valence-corrected chi connectivity index (χ2v) is 4.31. The molecular weight excluding hydrogens is 271 g/mol. The van der Waals surface area contributed by atoms with Crippen molar-refractivity contribution in [2.75, 3.05) is 0 Å². The van der Waals surface area contributed by atoms with E-state index in [4.69, 9.17) is 5.11 Å². The summed E-state index contributed by atoms with van der Waals surface area (Å²) < 4.78 is 36.2. The predicted molar refractivity (Wildman–Crippen MR) is 57.9 cm³/mol. The number of benzene rings is 1. The molecule has 0 aromatic heterocycles. The number of carboxylic acids is 1. The maximum absolute atomic E-state index is 12.1. The molecule has 0 saturated carbocycles. The molecule has 1 unspecified atom stereocenters. The van der Waals surface area contributed by atoms with E-state index in [2.05, 4.69) is 5.32 Å². The van der Waals surface area contributed by atoms with Crippen molar-refractivity contribution in [2.45, 2.75) is 16.4 Å². The fourth-order valence-electron chi connectivity index (χ4n) is 1.24. The van der Waals surface area contributed by atoms with Gasteiger partial charge in [-0.15, -0.1) is 0 Å². The van der Waals surface area contributed by atoms with Gasteiger partial charge in [-0.05, 0) is 29.5 Å². The number of nitrogens with one attached hydrogen (secondary N) is 1. The molecule has 0 spiro atoms. The summed E-state index contributed by atoms with van der Waals surface area (Å²) in [5, 5.41) is 10.9. The van der Waals surface area contributed by atoms with Crippen LogP contribution < -0.4 is 5.32 Å². The van der Waals surface area contributed by atoms with Gasteiger partial charge in [0.2, 0.25) is 6.41 Å². The van der Waals surface area contributed by atoms with E-state index >= 15 is 0 Å². The molecule has 0 heterocycles. The average molecular weight is 279 g/mol. The minimum Gasteiger partial charge on any atom is -0.479 e. The van der Waals surface area contributed by atoms with Crippen LogP contribution in [0.5, 0.6) is 0 Å². The van der Waals surface area contributed by atoms with Gasteiger partial charge in [-0.25, -0.2) is 4.79 Å². The van der Waals surface area contributed by atoms with E-state index in [0.29, 0.717) is 0 Å². The number of hydrogen-bond donors (Lipinski definition) is 2. The zero-order chi connectivity index (χ0) is 13.8. The molecule has 0 aliphatic heterocycles. The van der Waals surface area contributed by atoms with Gasteiger partial charge in [0, 0.05) is 4.90 Å². The van der Waals surface area contributed by atoms with Crippen LogP contribution >= 0.6 is 11.8 Å². The monoisotopic (exact) mass is 279 g/mol. The number of rotatable bonds is 5. The smallest absolute Gasteiger partial charge is 0.446 e. The molecule has 0 bridgehead atoms. The van der Waals surface area contributed by atoms with Crippen LogP contribution in [0.3, 0.4) is 0 Å². The molecule has 8 heteroatoms. The molecule has 1 atom stereocenters. The number of aliphatic carboxylic acids is 1. The van der Waals surface area contributed by atoms with E-state index in [1.807, 2.05) is 0 Å². The second kappa shape index (κ2) is 5.76. The Morgan fingerprint density at radius 1 is 1.33 bits per heavy atom. The van der Waals surface area contributed by atoms with Gasteiger partial charge in [0.15, 0.2) is 6.04 Å². The maximum atomic E-state index is 12.1. The molecule has 0 aliphatic carbocycles. The third-order valence-electron chi connectivity index (χ3n) is 1.93. The lowest BCUT2D eigenvalue weighted by Crippen LogP contribution is -2.27. The zero-order valence-electron chi connectivity index (χ0n) is 8.77. The Bertz CT molecular complexity index is 433. The number of alkyl halides is 3. The van der Waals surface area contributed by atoms with Crippen LogP contribution in [0.1, 0.15) is 11.6 Å². The third kappa shape index (κ3) is 4.28. The van der Waals surface area contributed by atoms with E-state index in [1.54, 1.807) is 0 Å². The molecule has 0 saturated heterocycles. The van der Waals surface area contributed by atoms with Crippen molar-refractivity contribution in [3.8, 4) is 0 Å². The number of carbonyl (C=O) groups is 2. The Balaban J connectivity index is 2.87. The average Bonchev–Trinajstić information content (AvgIpc) is 2.25. The van der Waals surface area contributed by atoms with Gasteiger partial charge in [-0.1, -0.05) is 12.1 Å². The van der Waals surface area contributed by atoms with E-state index in [-0.39, 0.29) is 28.6 Å². The van der Waals surface area contributed by atoms with E-state index in [1.165, 1.54) is 12.1 Å². The van der Waals surface area contributed by atoms with Gasteiger partial charge < -0.3 is 10.4 Å². The first-order valence-corrected chi connectivity index (χ1v) is 5.43. The quantitative estimate of drug-likeness (QED) is 0.640. The molecule has 18 heavy (non-hydrogen) atoms. The summed E-state index contributed by atoms with van der Waals surface area (Å²) in [7, 11) is 0. The highest BCUT2D eigenvalue weighted by atomic mass is 32.2. The summed E-state index contributed by atoms with van der Waals surface area (Å²) >= 11 is -0.294. The van der Waals surface area contributed by atoms with Gasteiger partial charge in [0.1, 0.15) is 0 Å². The van der Waals surface area contributed by atoms with Crippen LogP contribution in [0, 0.1) is 0 Å². The van der Waals surface area contributed by atoms with Gasteiger partial charge in [-0.2, -0.15) is 13.2 Å². The zero-order valence-corrected chi connectivity index (χ0v) is 9.59. The Hall–Kier alpha value is -1.70. The van der Waals surface area contributed by atoms with Crippen molar-refractivity contribution >= 4 is 24.1 Å². The summed E-state index contributed by atoms with van der Waals surface area (Å²) in [6, 6.07) is 3.48. The first-order chi connectivity index (χ1) is 8.33. The molecule has 1 aromatic rings. The SMILES string of the molecule is O=CNC(C(=O)O)c1ccc(SC(F)(F)F)cc1. The lowest BCUT2D eigenvalue weighted by molar-refractivity contribution is -0.140. The van der Waals surface area contributed by atoms with Gasteiger partial charge in [0.05, 0.1) is 0 Å². The van der Waals surface area contributed by atoms with Crippen molar-refractivity contribution < 1.29 is 27.9 Å². The summed E-state index contributed by atoms with van der Waals surface area (Å²) in [6.07, 6.45) is 0.219. The van der Waals surface area contributed by atoms with Crippen LogP contribution in [0.15, 0.2) is 29.2 Å². The summed E-state index contributed by atoms with van der Waals surface area (Å²) in [4.78, 5) is 21.0. The third-order valence-corrected chi connectivity index (χ3v) is 2.67. The normalized spacial score (nSPS) is 12.8. The van der Waals surface area contributed by atoms with E-state index < -0.39 is 17.5 Å². The van der Waals surface area contributed by atoms with Crippen LogP contribution in [0.2, 0.25) is 0 Å². The van der Waals surface area contributed by atoms with Crippen molar-refractivity contribution in [2.24, 2.45) is 0 Å². The molecule has 0 aliphatic rings. The molecule has 4 nitrogen and oxygen atoms in total. The highest BCUT2D eigenvalue weighted by molar-refractivity contribution is 8.00. The second-order valence-electron chi connectivity index (χ2n) is 3.17. The molecule has 1 rings (SSSR count). The number of carboxylic acid groups (broad SMARTS) is 1. The van der Waals surface area contributed by atoms with Crippen molar-refractivity contribution in [3.63, 3.8) is 0 Å². The van der Waals surface area contributed by atoms with Gasteiger partial charge in [0.25, 0.3) is 0 Å². The van der Waals surface area contributed by atoms with E-state index in [0.717, 1.165) is 12.1 Å². The minimum atomic E-state index is -4.39. The van der Waals surface area contributed by atoms with Crippen LogP contribution in [0.25, 0.3) is 0 Å². The number of hydrogen-bond acceptors (Lipinski definition) is 3. The summed E-state index contributed by atoms with van der Waals surface area (Å²) in [5.74, 6) is -1.29. The number of halogens is 3. The van der Waals surface area contributed by atoms with Crippen molar-refractivity contribution in [1.82, 2.24) is 5.32 Å². The first kappa shape index (κ1) is 14.4. The van der Waals surface area contributed by atoms with E-state index in [9.17, 15) is 22.8 Å². The van der Waals surface area contributed by atoms with Crippen LogP contribution in [-0.2, 0) is 9.59 Å². The van der Waals surface area contributed by atoms with Gasteiger partial charge in [-0.3, -0.25) is 4.79 Å².